The zero-order valence-corrected chi connectivity index (χ0v) is 10.5. The average molecular weight is 252 g/mol. The van der Waals surface area contributed by atoms with Crippen LogP contribution in [0, 0.1) is 0 Å². The Labute approximate surface area is 107 Å². The minimum absolute atomic E-state index is 0.0230. The van der Waals surface area contributed by atoms with E-state index in [1.54, 1.807) is 0 Å². The minimum Gasteiger partial charge on any atom is -0.393 e. The van der Waals surface area contributed by atoms with Crippen LogP contribution in [0.1, 0.15) is 12.5 Å². The maximum Gasteiger partial charge on any atom is 0.237 e. The quantitative estimate of drug-likeness (QED) is 0.544. The van der Waals surface area contributed by atoms with Gasteiger partial charge in [-0.05, 0) is 18.9 Å². The van der Waals surface area contributed by atoms with Gasteiger partial charge in [0.1, 0.15) is 5.60 Å². The second-order valence-corrected chi connectivity index (χ2v) is 4.67. The van der Waals surface area contributed by atoms with E-state index in [0.717, 1.165) is 5.56 Å². The molecule has 5 N–H and O–H groups in total. The van der Waals surface area contributed by atoms with Crippen molar-refractivity contribution in [3.8, 4) is 0 Å². The number of nitrogens with two attached hydrogens (primary N) is 1. The third kappa shape index (κ3) is 4.83. The summed E-state index contributed by atoms with van der Waals surface area (Å²) < 4.78 is 0. The Morgan fingerprint density at radius 2 is 2.06 bits per heavy atom. The van der Waals surface area contributed by atoms with Crippen LogP contribution in [0.2, 0.25) is 0 Å². The molecule has 0 saturated heterocycles. The van der Waals surface area contributed by atoms with Crippen molar-refractivity contribution >= 4 is 5.91 Å². The third-order valence-corrected chi connectivity index (χ3v) is 2.62. The van der Waals surface area contributed by atoms with Crippen LogP contribution in [0.15, 0.2) is 30.3 Å². The molecule has 0 radical (unpaired) electrons. The molecule has 1 rings (SSSR count). The van der Waals surface area contributed by atoms with Gasteiger partial charge in [0.25, 0.3) is 0 Å². The zero-order chi connectivity index (χ0) is 13.6. The van der Waals surface area contributed by atoms with Gasteiger partial charge in [-0.15, -0.1) is 0 Å². The highest BCUT2D eigenvalue weighted by molar-refractivity contribution is 5.81. The fourth-order valence-electron chi connectivity index (χ4n) is 1.43. The summed E-state index contributed by atoms with van der Waals surface area (Å²) in [5, 5.41) is 20.9. The molecule has 0 aliphatic carbocycles. The second-order valence-electron chi connectivity index (χ2n) is 4.67. The van der Waals surface area contributed by atoms with Gasteiger partial charge in [0.05, 0.1) is 12.6 Å². The van der Waals surface area contributed by atoms with Crippen LogP contribution in [0.4, 0.5) is 0 Å². The van der Waals surface area contributed by atoms with Gasteiger partial charge in [0.15, 0.2) is 0 Å². The van der Waals surface area contributed by atoms with Crippen LogP contribution in [0.5, 0.6) is 0 Å². The van der Waals surface area contributed by atoms with Gasteiger partial charge in [-0.25, -0.2) is 0 Å². The predicted molar refractivity (Wildman–Crippen MR) is 68.8 cm³/mol. The number of rotatable bonds is 6. The Balaban J connectivity index is 2.43. The van der Waals surface area contributed by atoms with Gasteiger partial charge in [-0.3, -0.25) is 4.79 Å². The summed E-state index contributed by atoms with van der Waals surface area (Å²) in [6.07, 6.45) is 0.438. The number of carbonyl (C=O) groups excluding carboxylic acids is 1. The first-order chi connectivity index (χ1) is 8.44. The molecule has 1 aromatic rings. The Morgan fingerprint density at radius 3 is 2.61 bits per heavy atom. The molecule has 0 aromatic heterocycles. The highest BCUT2D eigenvalue weighted by Gasteiger charge is 2.21. The van der Waals surface area contributed by atoms with Gasteiger partial charge in [-0.2, -0.15) is 0 Å². The maximum atomic E-state index is 11.7. The van der Waals surface area contributed by atoms with Crippen molar-refractivity contribution in [1.29, 1.82) is 0 Å². The summed E-state index contributed by atoms with van der Waals surface area (Å²) in [7, 11) is 0. The van der Waals surface area contributed by atoms with Crippen molar-refractivity contribution in [1.82, 2.24) is 5.32 Å². The van der Waals surface area contributed by atoms with Crippen LogP contribution < -0.4 is 11.1 Å². The monoisotopic (exact) mass is 252 g/mol. The number of carbonyl (C=O) groups is 1. The summed E-state index contributed by atoms with van der Waals surface area (Å²) in [5.74, 6) is -0.340. The summed E-state index contributed by atoms with van der Waals surface area (Å²) in [4.78, 5) is 11.7. The van der Waals surface area contributed by atoms with E-state index in [1.165, 1.54) is 6.92 Å². The highest BCUT2D eigenvalue weighted by atomic mass is 16.3. The number of benzene rings is 1. The lowest BCUT2D eigenvalue weighted by Crippen LogP contribution is -2.49. The van der Waals surface area contributed by atoms with Crippen molar-refractivity contribution in [3.63, 3.8) is 0 Å². The molecule has 2 atom stereocenters. The molecule has 0 saturated carbocycles. The van der Waals surface area contributed by atoms with E-state index in [-0.39, 0.29) is 12.5 Å². The van der Waals surface area contributed by atoms with E-state index >= 15 is 0 Å². The van der Waals surface area contributed by atoms with Gasteiger partial charge in [0.2, 0.25) is 5.91 Å². The number of hydrogen-bond donors (Lipinski definition) is 4. The molecular formula is C13H20N2O3. The molecule has 0 spiro atoms. The first-order valence-electron chi connectivity index (χ1n) is 5.85. The number of aliphatic hydroxyl groups is 2. The van der Waals surface area contributed by atoms with Crippen LogP contribution in [0.25, 0.3) is 0 Å². The Bertz CT molecular complexity index is 379. The van der Waals surface area contributed by atoms with E-state index in [4.69, 9.17) is 10.8 Å². The number of aliphatic hydroxyl groups excluding tert-OH is 1. The molecule has 18 heavy (non-hydrogen) atoms. The molecule has 0 fully saturated rings. The van der Waals surface area contributed by atoms with Crippen LogP contribution in [-0.2, 0) is 11.2 Å². The summed E-state index contributed by atoms with van der Waals surface area (Å²) in [5.41, 5.74) is 5.43. The van der Waals surface area contributed by atoms with E-state index in [9.17, 15) is 9.90 Å². The molecule has 1 aromatic carbocycles. The zero-order valence-electron chi connectivity index (χ0n) is 10.5. The molecule has 0 aliphatic heterocycles. The van der Waals surface area contributed by atoms with Crippen LogP contribution in [-0.4, -0.2) is 40.9 Å². The number of nitrogens with one attached hydrogen (secondary N) is 1. The SMILES string of the molecule is CC(O)(CO)CNC(=O)C(N)Cc1ccccc1. The van der Waals surface area contributed by atoms with Gasteiger partial charge >= 0.3 is 0 Å². The second kappa shape index (κ2) is 6.49. The van der Waals surface area contributed by atoms with Crippen molar-refractivity contribution < 1.29 is 15.0 Å². The van der Waals surface area contributed by atoms with E-state index in [0.29, 0.717) is 6.42 Å². The topological polar surface area (TPSA) is 95.6 Å². The third-order valence-electron chi connectivity index (χ3n) is 2.62. The molecule has 100 valence electrons. The first-order valence-corrected chi connectivity index (χ1v) is 5.85. The number of amides is 1. The smallest absolute Gasteiger partial charge is 0.237 e. The minimum atomic E-state index is -1.32. The lowest BCUT2D eigenvalue weighted by atomic mass is 10.1. The lowest BCUT2D eigenvalue weighted by Gasteiger charge is -2.22. The van der Waals surface area contributed by atoms with Crippen molar-refractivity contribution in [2.45, 2.75) is 25.0 Å². The Hall–Kier alpha value is -1.43. The normalized spacial score (nSPS) is 15.8. The molecule has 2 unspecified atom stereocenters. The van der Waals surface area contributed by atoms with Gasteiger partial charge < -0.3 is 21.3 Å². The molecule has 0 aliphatic rings. The predicted octanol–water partition coefficient (Wildman–Crippen LogP) is -0.584. The van der Waals surface area contributed by atoms with Crippen LogP contribution in [0.3, 0.4) is 0 Å². The summed E-state index contributed by atoms with van der Waals surface area (Å²) in [6.45, 7) is 1.00. The Morgan fingerprint density at radius 1 is 1.44 bits per heavy atom. The highest BCUT2D eigenvalue weighted by Crippen LogP contribution is 2.03. The molecular weight excluding hydrogens is 232 g/mol. The van der Waals surface area contributed by atoms with Gasteiger partial charge in [0, 0.05) is 6.54 Å². The van der Waals surface area contributed by atoms with Crippen molar-refractivity contribution in [3.05, 3.63) is 35.9 Å². The lowest BCUT2D eigenvalue weighted by molar-refractivity contribution is -0.123. The first kappa shape index (κ1) is 14.6. The fourth-order valence-corrected chi connectivity index (χ4v) is 1.43. The van der Waals surface area contributed by atoms with E-state index < -0.39 is 18.2 Å². The Kier molecular flexibility index (Phi) is 5.27. The summed E-state index contributed by atoms with van der Waals surface area (Å²) >= 11 is 0. The van der Waals surface area contributed by atoms with Crippen LogP contribution >= 0.6 is 0 Å². The largest absolute Gasteiger partial charge is 0.393 e. The average Bonchev–Trinajstić information content (AvgIpc) is 2.37. The fraction of sp³-hybridized carbons (Fsp3) is 0.462. The number of hydrogen-bond acceptors (Lipinski definition) is 4. The van der Waals surface area contributed by atoms with E-state index in [1.807, 2.05) is 30.3 Å². The standard InChI is InChI=1S/C13H20N2O3/c1-13(18,9-16)8-15-12(17)11(14)7-10-5-3-2-4-6-10/h2-6,11,16,18H,7-9,14H2,1H3,(H,15,17). The molecule has 5 nitrogen and oxygen atoms in total. The molecule has 1 amide bonds. The maximum absolute atomic E-state index is 11.7. The summed E-state index contributed by atoms with van der Waals surface area (Å²) in [6, 6.07) is 8.80. The van der Waals surface area contributed by atoms with Crippen molar-refractivity contribution in [2.75, 3.05) is 13.2 Å². The molecule has 0 heterocycles. The molecule has 5 heteroatoms. The van der Waals surface area contributed by atoms with E-state index in [2.05, 4.69) is 5.32 Å². The van der Waals surface area contributed by atoms with Gasteiger partial charge in [-0.1, -0.05) is 30.3 Å². The molecule has 0 bridgehead atoms. The van der Waals surface area contributed by atoms with Crippen molar-refractivity contribution in [2.24, 2.45) is 5.73 Å².